The lowest BCUT2D eigenvalue weighted by Crippen LogP contribution is -2.12. The van der Waals surface area contributed by atoms with Crippen molar-refractivity contribution in [1.29, 1.82) is 0 Å². The van der Waals surface area contributed by atoms with Crippen LogP contribution in [0, 0.1) is 12.7 Å². The maximum absolute atomic E-state index is 13.9. The van der Waals surface area contributed by atoms with Crippen molar-refractivity contribution in [2.75, 3.05) is 0 Å². The third-order valence-electron chi connectivity index (χ3n) is 3.36. The van der Waals surface area contributed by atoms with Crippen LogP contribution >= 0.6 is 15.9 Å². The molecule has 102 valence electrons. The number of aryl methyl sites for hydroxylation is 1. The molecule has 0 aliphatic heterocycles. The van der Waals surface area contributed by atoms with Crippen molar-refractivity contribution in [1.82, 2.24) is 0 Å². The Morgan fingerprint density at radius 3 is 2.75 bits per heavy atom. The van der Waals surface area contributed by atoms with Gasteiger partial charge < -0.3 is 10.2 Å². The van der Waals surface area contributed by atoms with Crippen LogP contribution in [0.2, 0.25) is 0 Å². The Bertz CT molecular complexity index is 781. The molecule has 1 aromatic heterocycles. The summed E-state index contributed by atoms with van der Waals surface area (Å²) in [5.41, 5.74) is 8.40. The molecule has 2 aromatic carbocycles. The van der Waals surface area contributed by atoms with E-state index >= 15 is 0 Å². The summed E-state index contributed by atoms with van der Waals surface area (Å²) in [5, 5.41) is 0.978. The standard InChI is InChI=1S/C16H13BrFNO/c1-9-3-2-4-10-7-14(20-16(9)10)15(19)12-8-11(17)5-6-13(12)18/h2-8,15H,19H2,1H3. The number of hydrogen-bond donors (Lipinski definition) is 1. The molecule has 1 heterocycles. The van der Waals surface area contributed by atoms with Gasteiger partial charge in [-0.2, -0.15) is 0 Å². The number of nitrogens with two attached hydrogens (primary N) is 1. The number of fused-ring (bicyclic) bond motifs is 1. The van der Waals surface area contributed by atoms with Gasteiger partial charge in [-0.1, -0.05) is 34.1 Å². The predicted octanol–water partition coefficient (Wildman–Crippen LogP) is 4.69. The Labute approximate surface area is 124 Å². The highest BCUT2D eigenvalue weighted by Gasteiger charge is 2.18. The largest absolute Gasteiger partial charge is 0.459 e. The molecule has 4 heteroatoms. The maximum atomic E-state index is 13.9. The summed E-state index contributed by atoms with van der Waals surface area (Å²) in [7, 11) is 0. The van der Waals surface area contributed by atoms with Gasteiger partial charge in [0.15, 0.2) is 0 Å². The van der Waals surface area contributed by atoms with Crippen molar-refractivity contribution >= 4 is 26.9 Å². The Hall–Kier alpha value is -1.65. The van der Waals surface area contributed by atoms with E-state index in [0.29, 0.717) is 11.3 Å². The highest BCUT2D eigenvalue weighted by atomic mass is 79.9. The van der Waals surface area contributed by atoms with Crippen LogP contribution in [0.4, 0.5) is 4.39 Å². The molecule has 0 fully saturated rings. The van der Waals surface area contributed by atoms with E-state index in [9.17, 15) is 4.39 Å². The summed E-state index contributed by atoms with van der Waals surface area (Å²) in [5.74, 6) is 0.226. The first kappa shape index (κ1) is 13.3. The van der Waals surface area contributed by atoms with Crippen molar-refractivity contribution < 1.29 is 8.81 Å². The zero-order valence-electron chi connectivity index (χ0n) is 10.9. The molecular formula is C16H13BrFNO. The van der Waals surface area contributed by atoms with E-state index in [0.717, 1.165) is 21.0 Å². The van der Waals surface area contributed by atoms with Crippen LogP contribution in [0.1, 0.15) is 22.9 Å². The first-order valence-corrected chi connectivity index (χ1v) is 7.05. The van der Waals surface area contributed by atoms with Gasteiger partial charge in [0, 0.05) is 15.4 Å². The lowest BCUT2D eigenvalue weighted by molar-refractivity contribution is 0.509. The summed E-state index contributed by atoms with van der Waals surface area (Å²) >= 11 is 3.33. The highest BCUT2D eigenvalue weighted by Crippen LogP contribution is 2.30. The van der Waals surface area contributed by atoms with Crippen molar-refractivity contribution in [2.45, 2.75) is 13.0 Å². The van der Waals surface area contributed by atoms with Crippen LogP contribution in [-0.4, -0.2) is 0 Å². The fourth-order valence-corrected chi connectivity index (χ4v) is 2.67. The summed E-state index contributed by atoms with van der Waals surface area (Å²) in [4.78, 5) is 0. The maximum Gasteiger partial charge on any atom is 0.137 e. The van der Waals surface area contributed by atoms with Gasteiger partial charge in [-0.3, -0.25) is 0 Å². The number of furan rings is 1. The average Bonchev–Trinajstić information content (AvgIpc) is 2.86. The topological polar surface area (TPSA) is 39.2 Å². The first-order chi connectivity index (χ1) is 9.56. The molecule has 0 amide bonds. The smallest absolute Gasteiger partial charge is 0.137 e. The molecular weight excluding hydrogens is 321 g/mol. The van der Waals surface area contributed by atoms with Crippen LogP contribution in [0.5, 0.6) is 0 Å². The molecule has 0 aliphatic rings. The van der Waals surface area contributed by atoms with E-state index in [1.165, 1.54) is 6.07 Å². The fraction of sp³-hybridized carbons (Fsp3) is 0.125. The molecule has 0 spiro atoms. The molecule has 0 saturated heterocycles. The van der Waals surface area contributed by atoms with E-state index in [-0.39, 0.29) is 5.82 Å². The second-order valence-electron chi connectivity index (χ2n) is 4.79. The Morgan fingerprint density at radius 1 is 1.20 bits per heavy atom. The van der Waals surface area contributed by atoms with E-state index in [1.807, 2.05) is 31.2 Å². The normalized spacial score (nSPS) is 12.8. The number of rotatable bonds is 2. The van der Waals surface area contributed by atoms with Crippen LogP contribution < -0.4 is 5.73 Å². The molecule has 0 bridgehead atoms. The zero-order chi connectivity index (χ0) is 14.3. The molecule has 0 saturated carbocycles. The minimum absolute atomic E-state index is 0.335. The molecule has 0 aliphatic carbocycles. The van der Waals surface area contributed by atoms with Gasteiger partial charge >= 0.3 is 0 Å². The quantitative estimate of drug-likeness (QED) is 0.738. The van der Waals surface area contributed by atoms with E-state index < -0.39 is 6.04 Å². The molecule has 1 unspecified atom stereocenters. The molecule has 0 radical (unpaired) electrons. The molecule has 1 atom stereocenters. The Balaban J connectivity index is 2.10. The highest BCUT2D eigenvalue weighted by molar-refractivity contribution is 9.10. The lowest BCUT2D eigenvalue weighted by Gasteiger charge is -2.10. The molecule has 2 nitrogen and oxygen atoms in total. The number of para-hydroxylation sites is 1. The van der Waals surface area contributed by atoms with Crippen LogP contribution in [-0.2, 0) is 0 Å². The number of benzene rings is 2. The third-order valence-corrected chi connectivity index (χ3v) is 3.85. The monoisotopic (exact) mass is 333 g/mol. The van der Waals surface area contributed by atoms with Gasteiger partial charge in [-0.15, -0.1) is 0 Å². The van der Waals surface area contributed by atoms with Crippen LogP contribution in [0.3, 0.4) is 0 Å². The van der Waals surface area contributed by atoms with Gasteiger partial charge in [0.2, 0.25) is 0 Å². The SMILES string of the molecule is Cc1cccc2cc(C(N)c3cc(Br)ccc3F)oc12. The fourth-order valence-electron chi connectivity index (χ4n) is 2.29. The van der Waals surface area contributed by atoms with Gasteiger partial charge in [0.05, 0.1) is 6.04 Å². The number of halogens is 2. The molecule has 3 rings (SSSR count). The van der Waals surface area contributed by atoms with Crippen molar-refractivity contribution in [3.05, 3.63) is 69.6 Å². The van der Waals surface area contributed by atoms with E-state index in [4.69, 9.17) is 10.2 Å². The Morgan fingerprint density at radius 2 is 2.00 bits per heavy atom. The summed E-state index contributed by atoms with van der Waals surface area (Å²) in [6, 6.07) is 11.9. The zero-order valence-corrected chi connectivity index (χ0v) is 12.4. The Kier molecular flexibility index (Phi) is 3.36. The van der Waals surface area contributed by atoms with Gasteiger partial charge in [0.1, 0.15) is 17.2 Å². The average molecular weight is 334 g/mol. The second-order valence-corrected chi connectivity index (χ2v) is 5.70. The van der Waals surface area contributed by atoms with Crippen LogP contribution in [0.25, 0.3) is 11.0 Å². The summed E-state index contributed by atoms with van der Waals surface area (Å²) in [6.45, 7) is 1.97. The third kappa shape index (κ3) is 2.25. The number of hydrogen-bond acceptors (Lipinski definition) is 2. The summed E-state index contributed by atoms with van der Waals surface area (Å²) in [6.07, 6.45) is 0. The summed E-state index contributed by atoms with van der Waals surface area (Å²) < 4.78 is 20.5. The van der Waals surface area contributed by atoms with Crippen molar-refractivity contribution in [2.24, 2.45) is 5.73 Å². The lowest BCUT2D eigenvalue weighted by atomic mass is 10.0. The minimum Gasteiger partial charge on any atom is -0.459 e. The van der Waals surface area contributed by atoms with Gasteiger partial charge in [0.25, 0.3) is 0 Å². The molecule has 3 aromatic rings. The van der Waals surface area contributed by atoms with Crippen molar-refractivity contribution in [3.63, 3.8) is 0 Å². The second kappa shape index (κ2) is 5.04. The van der Waals surface area contributed by atoms with Crippen molar-refractivity contribution in [3.8, 4) is 0 Å². The van der Waals surface area contributed by atoms with Crippen LogP contribution in [0.15, 0.2) is 51.4 Å². The first-order valence-electron chi connectivity index (χ1n) is 6.26. The molecule has 20 heavy (non-hydrogen) atoms. The van der Waals surface area contributed by atoms with Gasteiger partial charge in [-0.25, -0.2) is 4.39 Å². The minimum atomic E-state index is -0.626. The predicted molar refractivity (Wildman–Crippen MR) is 81.1 cm³/mol. The molecule has 2 N–H and O–H groups in total. The van der Waals surface area contributed by atoms with E-state index in [1.54, 1.807) is 12.1 Å². The van der Waals surface area contributed by atoms with Gasteiger partial charge in [-0.05, 0) is 36.8 Å². The van der Waals surface area contributed by atoms with E-state index in [2.05, 4.69) is 15.9 Å².